The predicted molar refractivity (Wildman–Crippen MR) is 101 cm³/mol. The highest BCUT2D eigenvalue weighted by Gasteiger charge is 2.16. The van der Waals surface area contributed by atoms with Gasteiger partial charge in [-0.1, -0.05) is 6.92 Å². The molecule has 6 nitrogen and oxygen atoms in total. The van der Waals surface area contributed by atoms with Crippen LogP contribution in [0, 0.1) is 6.92 Å². The molecule has 0 radical (unpaired) electrons. The monoisotopic (exact) mass is 372 g/mol. The maximum atomic E-state index is 12.2. The number of aryl methyl sites for hydroxylation is 2. The van der Waals surface area contributed by atoms with E-state index in [1.165, 1.54) is 17.4 Å². The van der Waals surface area contributed by atoms with Gasteiger partial charge in [-0.3, -0.25) is 4.79 Å². The Kier molecular flexibility index (Phi) is 5.37. The number of hydrogen-bond acceptors (Lipinski definition) is 6. The lowest BCUT2D eigenvalue weighted by atomic mass is 10.1. The highest BCUT2D eigenvalue weighted by molar-refractivity contribution is 7.09. The van der Waals surface area contributed by atoms with Crippen LogP contribution in [0.25, 0.3) is 11.0 Å². The van der Waals surface area contributed by atoms with Gasteiger partial charge in [0.1, 0.15) is 16.3 Å². The van der Waals surface area contributed by atoms with E-state index < -0.39 is 11.7 Å². The molecule has 0 aliphatic heterocycles. The molecule has 2 heterocycles. The Morgan fingerprint density at radius 2 is 2.19 bits per heavy atom. The maximum Gasteiger partial charge on any atom is 0.336 e. The highest BCUT2D eigenvalue weighted by Crippen LogP contribution is 2.23. The summed E-state index contributed by atoms with van der Waals surface area (Å²) in [7, 11) is 0. The zero-order valence-electron chi connectivity index (χ0n) is 14.9. The summed E-state index contributed by atoms with van der Waals surface area (Å²) in [5.74, 6) is 0.239. The van der Waals surface area contributed by atoms with Crippen LogP contribution in [0.1, 0.15) is 30.1 Å². The summed E-state index contributed by atoms with van der Waals surface area (Å²) in [6.07, 6.45) is 0.0479. The van der Waals surface area contributed by atoms with Crippen LogP contribution < -0.4 is 15.7 Å². The molecule has 0 saturated carbocycles. The molecule has 1 N–H and O–H groups in total. The molecule has 1 atom stereocenters. The molecule has 26 heavy (non-hydrogen) atoms. The standard InChI is InChI=1S/C19H20N2O4S/c1-4-13-7-18(22)25-16-8-14(5-6-15(13)16)24-12(3)19(23)20-9-17-21-11(2)10-26-17/h5-8,10,12H,4,9H2,1-3H3,(H,20,23)/t12-/m0/s1. The van der Waals surface area contributed by atoms with Crippen molar-refractivity contribution in [2.24, 2.45) is 0 Å². The largest absolute Gasteiger partial charge is 0.481 e. The summed E-state index contributed by atoms with van der Waals surface area (Å²) in [6.45, 7) is 5.94. The fraction of sp³-hybridized carbons (Fsp3) is 0.316. The van der Waals surface area contributed by atoms with Gasteiger partial charge in [0.15, 0.2) is 6.10 Å². The van der Waals surface area contributed by atoms with Gasteiger partial charge in [0, 0.05) is 28.6 Å². The Bertz CT molecular complexity index is 993. The third-order valence-electron chi connectivity index (χ3n) is 3.95. The molecule has 1 amide bonds. The third-order valence-corrected chi connectivity index (χ3v) is 4.91. The molecular formula is C19H20N2O4S. The van der Waals surface area contributed by atoms with Crippen molar-refractivity contribution in [3.63, 3.8) is 0 Å². The molecule has 7 heteroatoms. The second-order valence-corrected chi connectivity index (χ2v) is 6.91. The average Bonchev–Trinajstić information content (AvgIpc) is 3.03. The van der Waals surface area contributed by atoms with Gasteiger partial charge in [-0.25, -0.2) is 9.78 Å². The summed E-state index contributed by atoms with van der Waals surface area (Å²) >= 11 is 1.50. The number of amides is 1. The van der Waals surface area contributed by atoms with E-state index in [-0.39, 0.29) is 5.91 Å². The number of rotatable bonds is 6. The maximum absolute atomic E-state index is 12.2. The molecular weight excluding hydrogens is 352 g/mol. The van der Waals surface area contributed by atoms with E-state index in [1.807, 2.05) is 25.3 Å². The van der Waals surface area contributed by atoms with Gasteiger partial charge in [0.2, 0.25) is 0 Å². The number of aromatic nitrogens is 1. The van der Waals surface area contributed by atoms with Crippen molar-refractivity contribution in [3.8, 4) is 5.75 Å². The highest BCUT2D eigenvalue weighted by atomic mass is 32.1. The van der Waals surface area contributed by atoms with Crippen molar-refractivity contribution in [2.75, 3.05) is 0 Å². The summed E-state index contributed by atoms with van der Waals surface area (Å²) < 4.78 is 11.0. The minimum absolute atomic E-state index is 0.235. The molecule has 136 valence electrons. The first kappa shape index (κ1) is 18.1. The Morgan fingerprint density at radius 3 is 2.88 bits per heavy atom. The lowest BCUT2D eigenvalue weighted by Crippen LogP contribution is -2.35. The number of nitrogens with one attached hydrogen (secondary N) is 1. The minimum Gasteiger partial charge on any atom is -0.481 e. The second kappa shape index (κ2) is 7.70. The van der Waals surface area contributed by atoms with Crippen LogP contribution in [0.15, 0.2) is 38.9 Å². The molecule has 1 aromatic carbocycles. The second-order valence-electron chi connectivity index (χ2n) is 5.96. The van der Waals surface area contributed by atoms with Gasteiger partial charge in [-0.2, -0.15) is 0 Å². The number of thiazole rings is 1. The van der Waals surface area contributed by atoms with E-state index in [9.17, 15) is 9.59 Å². The molecule has 0 fully saturated rings. The van der Waals surface area contributed by atoms with Crippen molar-refractivity contribution < 1.29 is 13.9 Å². The molecule has 0 bridgehead atoms. The van der Waals surface area contributed by atoms with Gasteiger partial charge in [0.25, 0.3) is 5.91 Å². The quantitative estimate of drug-likeness (QED) is 0.672. The van der Waals surface area contributed by atoms with Crippen LogP contribution in [-0.4, -0.2) is 17.0 Å². The number of nitrogens with zero attached hydrogens (tertiary/aromatic N) is 1. The van der Waals surface area contributed by atoms with Crippen molar-refractivity contribution >= 4 is 28.2 Å². The fourth-order valence-electron chi connectivity index (χ4n) is 2.62. The number of carbonyl (C=O) groups excluding carboxylic acids is 1. The van der Waals surface area contributed by atoms with Gasteiger partial charge in [-0.15, -0.1) is 11.3 Å². The van der Waals surface area contributed by atoms with Crippen LogP contribution in [0.5, 0.6) is 5.75 Å². The Morgan fingerprint density at radius 1 is 1.38 bits per heavy atom. The molecule has 2 aromatic heterocycles. The zero-order chi connectivity index (χ0) is 18.7. The molecule has 0 unspecified atom stereocenters. The fourth-order valence-corrected chi connectivity index (χ4v) is 3.34. The van der Waals surface area contributed by atoms with E-state index in [0.717, 1.165) is 28.1 Å². The van der Waals surface area contributed by atoms with Gasteiger partial charge in [0.05, 0.1) is 6.54 Å². The Labute approximate surface area is 154 Å². The molecule has 3 aromatic rings. The van der Waals surface area contributed by atoms with E-state index in [0.29, 0.717) is 17.9 Å². The summed E-state index contributed by atoms with van der Waals surface area (Å²) in [5.41, 5.74) is 1.92. The van der Waals surface area contributed by atoms with Crippen LogP contribution in [0.2, 0.25) is 0 Å². The van der Waals surface area contributed by atoms with Crippen molar-refractivity contribution in [3.05, 3.63) is 56.3 Å². The molecule has 3 rings (SSSR count). The topological polar surface area (TPSA) is 81.4 Å². The first-order valence-electron chi connectivity index (χ1n) is 8.38. The third kappa shape index (κ3) is 4.11. The summed E-state index contributed by atoms with van der Waals surface area (Å²) in [5, 5.41) is 6.47. The average molecular weight is 372 g/mol. The number of fused-ring (bicyclic) bond motifs is 1. The van der Waals surface area contributed by atoms with Crippen molar-refractivity contribution in [1.82, 2.24) is 10.3 Å². The first-order chi connectivity index (χ1) is 12.5. The molecule has 0 saturated heterocycles. The Balaban J connectivity index is 1.69. The molecule has 0 aliphatic rings. The normalized spacial score (nSPS) is 12.1. The van der Waals surface area contributed by atoms with Crippen LogP contribution in [0.4, 0.5) is 0 Å². The predicted octanol–water partition coefficient (Wildman–Crippen LogP) is 3.20. The number of ether oxygens (including phenoxy) is 1. The van der Waals surface area contributed by atoms with E-state index in [1.54, 1.807) is 19.1 Å². The molecule has 0 aliphatic carbocycles. The van der Waals surface area contributed by atoms with Crippen LogP contribution >= 0.6 is 11.3 Å². The summed E-state index contributed by atoms with van der Waals surface area (Å²) in [4.78, 5) is 28.2. The van der Waals surface area contributed by atoms with E-state index in [4.69, 9.17) is 9.15 Å². The van der Waals surface area contributed by atoms with Crippen molar-refractivity contribution in [2.45, 2.75) is 39.8 Å². The SMILES string of the molecule is CCc1cc(=O)oc2cc(O[C@@H](C)C(=O)NCc3nc(C)cs3)ccc12. The first-order valence-corrected chi connectivity index (χ1v) is 9.26. The van der Waals surface area contributed by atoms with E-state index in [2.05, 4.69) is 10.3 Å². The number of carbonyl (C=O) groups is 1. The smallest absolute Gasteiger partial charge is 0.336 e. The van der Waals surface area contributed by atoms with Crippen LogP contribution in [-0.2, 0) is 17.8 Å². The Hall–Kier alpha value is -2.67. The van der Waals surface area contributed by atoms with Gasteiger partial charge in [-0.05, 0) is 38.0 Å². The number of benzene rings is 1. The lowest BCUT2D eigenvalue weighted by molar-refractivity contribution is -0.127. The van der Waals surface area contributed by atoms with Crippen molar-refractivity contribution in [1.29, 1.82) is 0 Å². The number of hydrogen-bond donors (Lipinski definition) is 1. The van der Waals surface area contributed by atoms with Gasteiger partial charge >= 0.3 is 5.63 Å². The lowest BCUT2D eigenvalue weighted by Gasteiger charge is -2.14. The molecule has 0 spiro atoms. The van der Waals surface area contributed by atoms with Crippen LogP contribution in [0.3, 0.4) is 0 Å². The summed E-state index contributed by atoms with van der Waals surface area (Å²) in [6, 6.07) is 6.76. The zero-order valence-corrected chi connectivity index (χ0v) is 15.7. The van der Waals surface area contributed by atoms with Gasteiger partial charge < -0.3 is 14.5 Å². The minimum atomic E-state index is -0.686. The van der Waals surface area contributed by atoms with E-state index >= 15 is 0 Å².